The Morgan fingerprint density at radius 1 is 0.518 bits per heavy atom. The molecule has 1 unspecified atom stereocenters. The number of carbonyl (C=O) groups excluding carboxylic acids is 1. The maximum atomic E-state index is 12.9. The van der Waals surface area contributed by atoms with E-state index in [0.29, 0.717) is 19.6 Å². The quantitative estimate of drug-likeness (QED) is 0.0394. The Hall–Kier alpha value is -0.770. The van der Waals surface area contributed by atoms with Crippen molar-refractivity contribution in [2.24, 2.45) is 5.41 Å². The Balaban J connectivity index is 2.51. The molecule has 0 aliphatic carbocycles. The SMILES string of the molecule is CCCCCCCCCCCCCCCCCCN(CCCCCCCCCCCCCCCCCC)[C@@H]1O[C@H](C(O)C(=O)NCC(C)(C)C)[C@@H](O)[C@H](O)[C@H]1O. The minimum Gasteiger partial charge on any atom is -0.387 e. The zero-order valence-electron chi connectivity index (χ0n) is 37.8. The van der Waals surface area contributed by atoms with Crippen molar-refractivity contribution in [3.05, 3.63) is 0 Å². The van der Waals surface area contributed by atoms with Crippen LogP contribution in [0.2, 0.25) is 0 Å². The van der Waals surface area contributed by atoms with Crippen LogP contribution in [-0.2, 0) is 9.53 Å². The van der Waals surface area contributed by atoms with Crippen molar-refractivity contribution >= 4 is 5.91 Å². The van der Waals surface area contributed by atoms with Gasteiger partial charge in [0.1, 0.15) is 30.6 Å². The Morgan fingerprint density at radius 2 is 0.821 bits per heavy atom. The largest absolute Gasteiger partial charge is 0.387 e. The summed E-state index contributed by atoms with van der Waals surface area (Å²) in [4.78, 5) is 14.9. The molecule has 8 heteroatoms. The van der Waals surface area contributed by atoms with Gasteiger partial charge in [0.05, 0.1) is 0 Å². The lowest BCUT2D eigenvalue weighted by Crippen LogP contribution is -2.66. The molecule has 0 saturated carbocycles. The average molecular weight is 797 g/mol. The molecular weight excluding hydrogens is 701 g/mol. The third kappa shape index (κ3) is 27.1. The van der Waals surface area contributed by atoms with Gasteiger partial charge in [0.25, 0.3) is 5.91 Å². The summed E-state index contributed by atoms with van der Waals surface area (Å²) < 4.78 is 6.17. The van der Waals surface area contributed by atoms with Crippen LogP contribution in [0.4, 0.5) is 0 Å². The van der Waals surface area contributed by atoms with E-state index in [2.05, 4.69) is 24.1 Å². The van der Waals surface area contributed by atoms with Crippen molar-refractivity contribution in [1.82, 2.24) is 10.2 Å². The summed E-state index contributed by atoms with van der Waals surface area (Å²) >= 11 is 0. The molecule has 1 aliphatic rings. The first-order chi connectivity index (χ1) is 27.0. The van der Waals surface area contributed by atoms with Crippen LogP contribution in [0.3, 0.4) is 0 Å². The molecule has 1 saturated heterocycles. The highest BCUT2D eigenvalue weighted by molar-refractivity contribution is 5.81. The van der Waals surface area contributed by atoms with Gasteiger partial charge in [-0.15, -0.1) is 0 Å². The lowest BCUT2D eigenvalue weighted by molar-refractivity contribution is -0.274. The predicted molar refractivity (Wildman–Crippen MR) is 236 cm³/mol. The predicted octanol–water partition coefficient (Wildman–Crippen LogP) is 11.1. The number of carbonyl (C=O) groups is 1. The van der Waals surface area contributed by atoms with Gasteiger partial charge in [-0.1, -0.05) is 227 Å². The number of hydrogen-bond acceptors (Lipinski definition) is 7. The fourth-order valence-corrected chi connectivity index (χ4v) is 8.15. The van der Waals surface area contributed by atoms with Crippen LogP contribution in [0.25, 0.3) is 0 Å². The molecule has 0 bridgehead atoms. The van der Waals surface area contributed by atoms with E-state index in [-0.39, 0.29) is 5.41 Å². The first-order valence-electron chi connectivity index (χ1n) is 24.4. The molecule has 0 aromatic heterocycles. The molecule has 334 valence electrons. The van der Waals surface area contributed by atoms with E-state index in [1.807, 2.05) is 20.8 Å². The zero-order chi connectivity index (χ0) is 41.3. The normalized spacial score (nSPS) is 20.9. The van der Waals surface area contributed by atoms with Gasteiger partial charge in [-0.05, 0) is 18.3 Å². The Bertz CT molecular complexity index is 848. The third-order valence-electron chi connectivity index (χ3n) is 12.0. The summed E-state index contributed by atoms with van der Waals surface area (Å²) in [7, 11) is 0. The number of ether oxygens (including phenoxy) is 1. The molecule has 1 rings (SSSR count). The molecule has 1 fully saturated rings. The maximum absolute atomic E-state index is 12.9. The molecule has 0 spiro atoms. The van der Waals surface area contributed by atoms with Crippen LogP contribution in [0, 0.1) is 5.41 Å². The molecule has 0 aromatic carbocycles. The van der Waals surface area contributed by atoms with Gasteiger partial charge in [-0.25, -0.2) is 0 Å². The van der Waals surface area contributed by atoms with Gasteiger partial charge in [0.15, 0.2) is 6.10 Å². The molecule has 56 heavy (non-hydrogen) atoms. The highest BCUT2D eigenvalue weighted by Crippen LogP contribution is 2.27. The minimum absolute atomic E-state index is 0.184. The second-order valence-corrected chi connectivity index (χ2v) is 18.8. The number of aliphatic hydroxyl groups is 4. The van der Waals surface area contributed by atoms with Crippen molar-refractivity contribution in [1.29, 1.82) is 0 Å². The molecular formula is C48H96N2O6. The fourth-order valence-electron chi connectivity index (χ4n) is 8.15. The molecule has 0 aromatic rings. The number of nitrogens with zero attached hydrogens (tertiary/aromatic N) is 1. The van der Waals surface area contributed by atoms with Crippen molar-refractivity contribution in [3.63, 3.8) is 0 Å². The minimum atomic E-state index is -1.66. The molecule has 1 heterocycles. The van der Waals surface area contributed by atoms with Crippen LogP contribution in [0.5, 0.6) is 0 Å². The van der Waals surface area contributed by atoms with Crippen molar-refractivity contribution in [2.75, 3.05) is 19.6 Å². The highest BCUT2D eigenvalue weighted by Gasteiger charge is 2.49. The first kappa shape index (κ1) is 53.2. The summed E-state index contributed by atoms with van der Waals surface area (Å²) in [5.41, 5.74) is -0.184. The van der Waals surface area contributed by atoms with E-state index >= 15 is 0 Å². The van der Waals surface area contributed by atoms with E-state index in [4.69, 9.17) is 4.74 Å². The van der Waals surface area contributed by atoms with Crippen molar-refractivity contribution in [2.45, 2.75) is 277 Å². The standard InChI is InChI=1S/C48H96N2O6/c1-6-8-10-12-14-16-18-20-22-24-26-28-30-32-34-36-38-50(39-37-35-33-31-29-27-25-23-21-19-17-15-13-11-9-7-2)47-43(53)41(51)42(52)45(56-47)44(54)46(55)49-40-48(3,4)5/h41-45,47,51-54H,6-40H2,1-5H3,(H,49,55)/t41-,42-,43+,44?,45-,47+/m0/s1. The summed E-state index contributed by atoms with van der Waals surface area (Å²) in [6, 6.07) is 0. The van der Waals surface area contributed by atoms with E-state index < -0.39 is 42.7 Å². The van der Waals surface area contributed by atoms with Gasteiger partial charge in [0.2, 0.25) is 0 Å². The summed E-state index contributed by atoms with van der Waals surface area (Å²) in [6.07, 6.45) is 33.3. The van der Waals surface area contributed by atoms with Crippen LogP contribution in [0.15, 0.2) is 0 Å². The van der Waals surface area contributed by atoms with Crippen molar-refractivity contribution in [3.8, 4) is 0 Å². The van der Waals surface area contributed by atoms with Crippen LogP contribution in [-0.4, -0.2) is 87.6 Å². The molecule has 0 radical (unpaired) electrons. The summed E-state index contributed by atoms with van der Waals surface area (Å²) in [5, 5.41) is 46.5. The monoisotopic (exact) mass is 797 g/mol. The molecule has 6 atom stereocenters. The molecule has 1 aliphatic heterocycles. The van der Waals surface area contributed by atoms with E-state index in [1.165, 1.54) is 180 Å². The van der Waals surface area contributed by atoms with Crippen LogP contribution < -0.4 is 5.32 Å². The van der Waals surface area contributed by atoms with E-state index in [9.17, 15) is 25.2 Å². The van der Waals surface area contributed by atoms with Gasteiger partial charge >= 0.3 is 0 Å². The van der Waals surface area contributed by atoms with Crippen LogP contribution in [0.1, 0.15) is 240 Å². The highest BCUT2D eigenvalue weighted by atomic mass is 16.6. The number of nitrogens with one attached hydrogen (secondary N) is 1. The van der Waals surface area contributed by atoms with Gasteiger partial charge in [0, 0.05) is 19.6 Å². The number of unbranched alkanes of at least 4 members (excludes halogenated alkanes) is 30. The second-order valence-electron chi connectivity index (χ2n) is 18.8. The second kappa shape index (κ2) is 35.0. The van der Waals surface area contributed by atoms with Crippen molar-refractivity contribution < 1.29 is 30.0 Å². The van der Waals surface area contributed by atoms with E-state index in [0.717, 1.165) is 25.7 Å². The third-order valence-corrected chi connectivity index (χ3v) is 12.0. The van der Waals surface area contributed by atoms with E-state index in [1.54, 1.807) is 0 Å². The Kier molecular flexibility index (Phi) is 33.3. The molecule has 5 N–H and O–H groups in total. The topological polar surface area (TPSA) is 122 Å². The van der Waals surface area contributed by atoms with Gasteiger partial charge in [-0.2, -0.15) is 0 Å². The maximum Gasteiger partial charge on any atom is 0.251 e. The number of rotatable bonds is 38. The van der Waals surface area contributed by atoms with Gasteiger partial charge < -0.3 is 30.5 Å². The number of hydrogen-bond donors (Lipinski definition) is 5. The number of aliphatic hydroxyl groups excluding tert-OH is 4. The van der Waals surface area contributed by atoms with Gasteiger partial charge in [-0.3, -0.25) is 9.69 Å². The zero-order valence-corrected chi connectivity index (χ0v) is 37.8. The Morgan fingerprint density at radius 3 is 1.12 bits per heavy atom. The smallest absolute Gasteiger partial charge is 0.251 e. The Labute approximate surface area is 347 Å². The summed E-state index contributed by atoms with van der Waals surface area (Å²) in [5.74, 6) is -0.645. The average Bonchev–Trinajstić information content (AvgIpc) is 3.17. The molecule has 8 nitrogen and oxygen atoms in total. The van der Waals surface area contributed by atoms with Crippen LogP contribution >= 0.6 is 0 Å². The number of amides is 1. The fraction of sp³-hybridized carbons (Fsp3) is 0.979. The lowest BCUT2D eigenvalue weighted by Gasteiger charge is -2.46. The molecule has 1 amide bonds. The first-order valence-corrected chi connectivity index (χ1v) is 24.4. The summed E-state index contributed by atoms with van der Waals surface area (Å²) in [6.45, 7) is 12.2. The lowest BCUT2D eigenvalue weighted by atomic mass is 9.93.